The van der Waals surface area contributed by atoms with Crippen molar-refractivity contribution in [2.24, 2.45) is 0 Å². The number of hydrogen-bond donors (Lipinski definition) is 0. The van der Waals surface area contributed by atoms with Crippen LogP contribution in [-0.4, -0.2) is 53.6 Å². The zero-order chi connectivity index (χ0) is 17.8. The topological polar surface area (TPSA) is 56.6 Å². The van der Waals surface area contributed by atoms with Gasteiger partial charge in [0.15, 0.2) is 0 Å². The Balaban J connectivity index is 1.93. The fourth-order valence-corrected chi connectivity index (χ4v) is 2.93. The van der Waals surface area contributed by atoms with Gasteiger partial charge in [-0.15, -0.1) is 0 Å². The summed E-state index contributed by atoms with van der Waals surface area (Å²) in [6.07, 6.45) is 1.54. The molecule has 7 heteroatoms. The lowest BCUT2D eigenvalue weighted by molar-refractivity contribution is 0.0341. The van der Waals surface area contributed by atoms with Crippen molar-refractivity contribution in [2.75, 3.05) is 32.9 Å². The Labute approximate surface area is 146 Å². The van der Waals surface area contributed by atoms with Crippen molar-refractivity contribution < 1.29 is 18.7 Å². The summed E-state index contributed by atoms with van der Waals surface area (Å²) >= 11 is 0. The minimum atomic E-state index is -0.447. The van der Waals surface area contributed by atoms with E-state index in [1.54, 1.807) is 19.9 Å². The second kappa shape index (κ2) is 7.76. The number of para-hydroxylation sites is 1. The molecule has 0 aliphatic carbocycles. The highest BCUT2D eigenvalue weighted by Crippen LogP contribution is 2.22. The minimum absolute atomic E-state index is 0.283. The number of carbonyl (C=O) groups is 1. The standard InChI is InChI=1S/C18H22FN3O3/c1-3-25-18(23)15-12-22(20-13(15)2)17-14(5-4-6-16(17)19)11-21-7-9-24-10-8-21/h4-6,12H,3,7-11H2,1-2H3. The van der Waals surface area contributed by atoms with E-state index in [9.17, 15) is 9.18 Å². The summed E-state index contributed by atoms with van der Waals surface area (Å²) in [5.74, 6) is -0.819. The monoisotopic (exact) mass is 347 g/mol. The summed E-state index contributed by atoms with van der Waals surface area (Å²) < 4.78 is 26.4. The average Bonchev–Trinajstić information content (AvgIpc) is 2.97. The fraction of sp³-hybridized carbons (Fsp3) is 0.444. The van der Waals surface area contributed by atoms with E-state index in [0.29, 0.717) is 36.7 Å². The van der Waals surface area contributed by atoms with E-state index < -0.39 is 5.97 Å². The first kappa shape index (κ1) is 17.6. The molecule has 0 saturated carbocycles. The quantitative estimate of drug-likeness (QED) is 0.777. The molecule has 0 radical (unpaired) electrons. The van der Waals surface area contributed by atoms with Gasteiger partial charge in [-0.1, -0.05) is 12.1 Å². The van der Waals surface area contributed by atoms with Crippen molar-refractivity contribution in [3.8, 4) is 5.69 Å². The van der Waals surface area contributed by atoms with E-state index in [2.05, 4.69) is 10.00 Å². The van der Waals surface area contributed by atoms with Crippen LogP contribution < -0.4 is 0 Å². The highest BCUT2D eigenvalue weighted by Gasteiger charge is 2.20. The van der Waals surface area contributed by atoms with Crippen molar-refractivity contribution >= 4 is 5.97 Å². The predicted octanol–water partition coefficient (Wildman–Crippen LogP) is 2.33. The highest BCUT2D eigenvalue weighted by atomic mass is 19.1. The van der Waals surface area contributed by atoms with Crippen LogP contribution in [0.2, 0.25) is 0 Å². The number of nitrogens with zero attached hydrogens (tertiary/aromatic N) is 3. The van der Waals surface area contributed by atoms with Gasteiger partial charge in [0, 0.05) is 25.8 Å². The first-order valence-electron chi connectivity index (χ1n) is 8.41. The zero-order valence-electron chi connectivity index (χ0n) is 14.5. The number of carbonyl (C=O) groups excluding carboxylic acids is 1. The van der Waals surface area contributed by atoms with Gasteiger partial charge in [0.2, 0.25) is 0 Å². The van der Waals surface area contributed by atoms with E-state index >= 15 is 0 Å². The van der Waals surface area contributed by atoms with Gasteiger partial charge in [-0.05, 0) is 25.5 Å². The van der Waals surface area contributed by atoms with Crippen molar-refractivity contribution in [3.63, 3.8) is 0 Å². The zero-order valence-corrected chi connectivity index (χ0v) is 14.5. The maximum Gasteiger partial charge on any atom is 0.341 e. The molecule has 1 aliphatic rings. The third-order valence-corrected chi connectivity index (χ3v) is 4.19. The van der Waals surface area contributed by atoms with Gasteiger partial charge in [0.25, 0.3) is 0 Å². The van der Waals surface area contributed by atoms with Crippen LogP contribution in [0.25, 0.3) is 5.69 Å². The van der Waals surface area contributed by atoms with Crippen LogP contribution in [0.3, 0.4) is 0 Å². The molecule has 0 amide bonds. The molecule has 1 aromatic carbocycles. The normalized spacial score (nSPS) is 15.3. The number of morpholine rings is 1. The average molecular weight is 347 g/mol. The van der Waals surface area contributed by atoms with Gasteiger partial charge < -0.3 is 9.47 Å². The second-order valence-electron chi connectivity index (χ2n) is 5.93. The second-order valence-corrected chi connectivity index (χ2v) is 5.93. The molecule has 0 unspecified atom stereocenters. The molecule has 0 bridgehead atoms. The lowest BCUT2D eigenvalue weighted by atomic mass is 10.1. The number of rotatable bonds is 5. The Bertz CT molecular complexity index is 754. The highest BCUT2D eigenvalue weighted by molar-refractivity contribution is 5.90. The molecule has 0 spiro atoms. The van der Waals surface area contributed by atoms with Crippen LogP contribution in [0.1, 0.15) is 28.5 Å². The first-order chi connectivity index (χ1) is 12.1. The molecule has 0 N–H and O–H groups in total. The molecule has 3 rings (SSSR count). The third kappa shape index (κ3) is 3.88. The van der Waals surface area contributed by atoms with E-state index in [-0.39, 0.29) is 12.4 Å². The molecule has 1 aromatic heterocycles. The Morgan fingerprint density at radius 1 is 1.36 bits per heavy atom. The molecule has 2 heterocycles. The van der Waals surface area contributed by atoms with E-state index in [1.807, 2.05) is 6.07 Å². The van der Waals surface area contributed by atoms with Gasteiger partial charge >= 0.3 is 5.97 Å². The molecule has 134 valence electrons. The van der Waals surface area contributed by atoms with E-state index in [1.165, 1.54) is 16.9 Å². The summed E-state index contributed by atoms with van der Waals surface area (Å²) in [6.45, 7) is 7.32. The molecule has 6 nitrogen and oxygen atoms in total. The van der Waals surface area contributed by atoms with Gasteiger partial charge in [-0.25, -0.2) is 13.9 Å². The van der Waals surface area contributed by atoms with Gasteiger partial charge in [-0.3, -0.25) is 4.90 Å². The molecular weight excluding hydrogens is 325 g/mol. The number of aryl methyl sites for hydroxylation is 1. The van der Waals surface area contributed by atoms with Crippen molar-refractivity contribution in [1.29, 1.82) is 0 Å². The van der Waals surface area contributed by atoms with Crippen LogP contribution >= 0.6 is 0 Å². The van der Waals surface area contributed by atoms with Crippen molar-refractivity contribution in [1.82, 2.24) is 14.7 Å². The molecule has 1 saturated heterocycles. The molecule has 1 fully saturated rings. The minimum Gasteiger partial charge on any atom is -0.462 e. The lowest BCUT2D eigenvalue weighted by Crippen LogP contribution is -2.36. The summed E-state index contributed by atoms with van der Waals surface area (Å²) in [6, 6.07) is 4.98. The van der Waals surface area contributed by atoms with Crippen LogP contribution in [0.15, 0.2) is 24.4 Å². The smallest absolute Gasteiger partial charge is 0.341 e. The van der Waals surface area contributed by atoms with Crippen LogP contribution in [-0.2, 0) is 16.0 Å². The molecule has 0 atom stereocenters. The van der Waals surface area contributed by atoms with Crippen LogP contribution in [0.4, 0.5) is 4.39 Å². The number of aromatic nitrogens is 2. The maximum atomic E-state index is 14.6. The summed E-state index contributed by atoms with van der Waals surface area (Å²) in [5.41, 5.74) is 2.05. The van der Waals surface area contributed by atoms with Crippen molar-refractivity contribution in [3.05, 3.63) is 47.0 Å². The number of ether oxygens (including phenoxy) is 2. The summed E-state index contributed by atoms with van der Waals surface area (Å²) in [7, 11) is 0. The third-order valence-electron chi connectivity index (χ3n) is 4.19. The Morgan fingerprint density at radius 3 is 2.84 bits per heavy atom. The summed E-state index contributed by atoms with van der Waals surface area (Å²) in [4.78, 5) is 14.2. The number of hydrogen-bond acceptors (Lipinski definition) is 5. The van der Waals surface area contributed by atoms with Gasteiger partial charge in [0.1, 0.15) is 17.1 Å². The first-order valence-corrected chi connectivity index (χ1v) is 8.41. The Hall–Kier alpha value is -2.25. The van der Waals surface area contributed by atoms with Crippen molar-refractivity contribution in [2.45, 2.75) is 20.4 Å². The number of benzene rings is 1. The predicted molar refractivity (Wildman–Crippen MR) is 90.3 cm³/mol. The van der Waals surface area contributed by atoms with Crippen LogP contribution in [0, 0.1) is 12.7 Å². The summed E-state index contributed by atoms with van der Waals surface area (Å²) in [5, 5.41) is 4.33. The number of esters is 1. The SMILES string of the molecule is CCOC(=O)c1cn(-c2c(F)cccc2CN2CCOCC2)nc1C. The molecule has 25 heavy (non-hydrogen) atoms. The van der Waals surface area contributed by atoms with E-state index in [0.717, 1.165) is 18.7 Å². The maximum absolute atomic E-state index is 14.6. The molecule has 2 aromatic rings. The fourth-order valence-electron chi connectivity index (χ4n) is 2.93. The Kier molecular flexibility index (Phi) is 5.45. The largest absolute Gasteiger partial charge is 0.462 e. The lowest BCUT2D eigenvalue weighted by Gasteiger charge is -2.27. The number of halogens is 1. The van der Waals surface area contributed by atoms with Gasteiger partial charge in [-0.2, -0.15) is 5.10 Å². The van der Waals surface area contributed by atoms with Gasteiger partial charge in [0.05, 0.1) is 25.5 Å². The molecular formula is C18H22FN3O3. The van der Waals surface area contributed by atoms with E-state index in [4.69, 9.17) is 9.47 Å². The van der Waals surface area contributed by atoms with Crippen LogP contribution in [0.5, 0.6) is 0 Å². The Morgan fingerprint density at radius 2 is 2.12 bits per heavy atom. The molecule has 1 aliphatic heterocycles.